The third-order valence-electron chi connectivity index (χ3n) is 5.77. The molecule has 144 valence electrons. The second-order valence-electron chi connectivity index (χ2n) is 7.48. The molecule has 0 amide bonds. The van der Waals surface area contributed by atoms with Crippen molar-refractivity contribution in [2.24, 2.45) is 0 Å². The van der Waals surface area contributed by atoms with Gasteiger partial charge in [0, 0.05) is 16.2 Å². The maximum Gasteiger partial charge on any atom is 0.143 e. The van der Waals surface area contributed by atoms with Gasteiger partial charge in [0.05, 0.1) is 12.3 Å². The summed E-state index contributed by atoms with van der Waals surface area (Å²) in [5.41, 5.74) is 2.18. The van der Waals surface area contributed by atoms with E-state index in [9.17, 15) is 0 Å². The van der Waals surface area contributed by atoms with Gasteiger partial charge in [-0.1, -0.05) is 78.7 Å². The van der Waals surface area contributed by atoms with Crippen molar-refractivity contribution in [3.8, 4) is 11.1 Å². The smallest absolute Gasteiger partial charge is 0.143 e. The predicted molar refractivity (Wildman–Crippen MR) is 132 cm³/mol. The van der Waals surface area contributed by atoms with Crippen LogP contribution in [0.1, 0.15) is 12.3 Å². The van der Waals surface area contributed by atoms with Crippen LogP contribution in [0.5, 0.6) is 0 Å². The Morgan fingerprint density at radius 1 is 0.581 bits per heavy atom. The number of hydrogen-bond donors (Lipinski definition) is 0. The summed E-state index contributed by atoms with van der Waals surface area (Å²) in [6.45, 7) is 0. The number of benzene rings is 6. The largest absolute Gasteiger partial charge is 0.455 e. The Balaban J connectivity index is 1.69. The molecule has 0 spiro atoms. The summed E-state index contributed by atoms with van der Waals surface area (Å²) in [7, 11) is 0. The maximum atomic E-state index is 8.87. The SMILES string of the molecule is [2H]c1c([2H])c([2H])c2c(-c3ccc4c(ccc5c6ccccc6oc45)c3)c3c([2H])c([2H])c([2H])c([2H])c3c([2H])c2c1[2H]. The van der Waals surface area contributed by atoms with Crippen molar-refractivity contribution in [2.75, 3.05) is 0 Å². The Morgan fingerprint density at radius 2 is 1.29 bits per heavy atom. The molecule has 0 saturated heterocycles. The Kier molecular flexibility index (Phi) is 2.06. The number of fused-ring (bicyclic) bond motifs is 7. The van der Waals surface area contributed by atoms with Crippen LogP contribution in [-0.4, -0.2) is 0 Å². The highest BCUT2D eigenvalue weighted by atomic mass is 16.3. The quantitative estimate of drug-likeness (QED) is 0.250. The van der Waals surface area contributed by atoms with Crippen molar-refractivity contribution >= 4 is 54.3 Å². The van der Waals surface area contributed by atoms with E-state index in [1.165, 1.54) is 0 Å². The summed E-state index contributed by atoms with van der Waals surface area (Å²) in [4.78, 5) is 0. The van der Waals surface area contributed by atoms with Gasteiger partial charge in [-0.3, -0.25) is 0 Å². The van der Waals surface area contributed by atoms with Crippen LogP contribution in [0.2, 0.25) is 0 Å². The molecule has 7 aromatic rings. The first-order valence-corrected chi connectivity index (χ1v) is 9.88. The first kappa shape index (κ1) is 10.3. The summed E-state index contributed by atoms with van der Waals surface area (Å²) in [6.07, 6.45) is 0. The number of furan rings is 1. The van der Waals surface area contributed by atoms with E-state index in [0.717, 1.165) is 27.1 Å². The predicted octanol–water partition coefficient (Wildman–Crippen LogP) is 8.71. The second-order valence-corrected chi connectivity index (χ2v) is 7.48. The molecule has 0 atom stereocenters. The van der Waals surface area contributed by atoms with Crippen LogP contribution in [0, 0.1) is 0 Å². The molecule has 6 aromatic carbocycles. The Hall–Kier alpha value is -4.10. The highest BCUT2D eigenvalue weighted by Crippen LogP contribution is 2.39. The third kappa shape index (κ3) is 2.38. The van der Waals surface area contributed by atoms with Gasteiger partial charge in [0.2, 0.25) is 0 Å². The van der Waals surface area contributed by atoms with Crippen molar-refractivity contribution in [2.45, 2.75) is 0 Å². The fourth-order valence-electron chi connectivity index (χ4n) is 4.39. The fourth-order valence-corrected chi connectivity index (χ4v) is 4.39. The highest BCUT2D eigenvalue weighted by Gasteiger charge is 2.13. The molecule has 0 N–H and O–H groups in total. The van der Waals surface area contributed by atoms with Gasteiger partial charge in [0.15, 0.2) is 0 Å². The third-order valence-corrected chi connectivity index (χ3v) is 5.77. The summed E-state index contributed by atoms with van der Waals surface area (Å²) >= 11 is 0. The van der Waals surface area contributed by atoms with Crippen LogP contribution < -0.4 is 0 Å². The molecule has 0 radical (unpaired) electrons. The van der Waals surface area contributed by atoms with Crippen molar-refractivity contribution in [1.29, 1.82) is 0 Å². The standard InChI is InChI=1S/C30H18O/c1-3-9-23-19(7-1)17-20-8-2-4-10-24(20)29(23)22-14-15-25-21(18-22)13-16-27-26-11-5-6-12-28(26)31-30(25)27/h1-18H/i1D,2D,3D,4D,7D,8D,9D,10D,17D. The molecule has 0 aliphatic heterocycles. The van der Waals surface area contributed by atoms with Crippen molar-refractivity contribution in [3.63, 3.8) is 0 Å². The molecule has 0 aliphatic carbocycles. The number of para-hydroxylation sites is 1. The van der Waals surface area contributed by atoms with Gasteiger partial charge in [0.25, 0.3) is 0 Å². The van der Waals surface area contributed by atoms with E-state index in [4.69, 9.17) is 16.8 Å². The molecule has 1 aromatic heterocycles. The second kappa shape index (κ2) is 6.20. The van der Waals surface area contributed by atoms with Gasteiger partial charge in [0.1, 0.15) is 11.2 Å². The lowest BCUT2D eigenvalue weighted by molar-refractivity contribution is 0.672. The van der Waals surface area contributed by atoms with Crippen LogP contribution in [0.15, 0.2) is 113 Å². The Bertz CT molecular complexity index is 2190. The fraction of sp³-hybridized carbons (Fsp3) is 0. The van der Waals surface area contributed by atoms with Crippen molar-refractivity contribution < 1.29 is 16.8 Å². The van der Waals surface area contributed by atoms with E-state index in [0.29, 0.717) is 11.1 Å². The summed E-state index contributed by atoms with van der Waals surface area (Å²) in [5.74, 6) is 0. The molecule has 0 bridgehead atoms. The molecule has 31 heavy (non-hydrogen) atoms. The van der Waals surface area contributed by atoms with E-state index >= 15 is 0 Å². The van der Waals surface area contributed by atoms with Gasteiger partial charge in [-0.25, -0.2) is 0 Å². The molecule has 0 unspecified atom stereocenters. The maximum absolute atomic E-state index is 8.87. The van der Waals surface area contributed by atoms with E-state index < -0.39 is 36.3 Å². The normalized spacial score (nSPS) is 15.9. The molecule has 0 aliphatic rings. The molecule has 0 saturated carbocycles. The lowest BCUT2D eigenvalue weighted by Crippen LogP contribution is -1.86. The van der Waals surface area contributed by atoms with Gasteiger partial charge in [-0.05, 0) is 68.4 Å². The zero-order chi connectivity index (χ0) is 28.2. The summed E-state index contributed by atoms with van der Waals surface area (Å²) in [5, 5.41) is 3.44. The van der Waals surface area contributed by atoms with Crippen LogP contribution in [-0.2, 0) is 0 Å². The molecule has 1 nitrogen and oxygen atoms in total. The minimum Gasteiger partial charge on any atom is -0.455 e. The first-order valence-electron chi connectivity index (χ1n) is 14.4. The molecular formula is C30H18O. The monoisotopic (exact) mass is 403 g/mol. The summed E-state index contributed by atoms with van der Waals surface area (Å²) < 4.78 is 82.8. The molecule has 0 fully saturated rings. The minimum atomic E-state index is -0.511. The molecule has 7 rings (SSSR count). The summed E-state index contributed by atoms with van der Waals surface area (Å²) in [6, 6.07) is 13.1. The van der Waals surface area contributed by atoms with Crippen LogP contribution in [0.25, 0.3) is 65.4 Å². The van der Waals surface area contributed by atoms with Crippen LogP contribution in [0.3, 0.4) is 0 Å². The number of rotatable bonds is 1. The van der Waals surface area contributed by atoms with Gasteiger partial charge in [-0.15, -0.1) is 0 Å². The average molecular weight is 404 g/mol. The number of hydrogen-bond acceptors (Lipinski definition) is 1. The van der Waals surface area contributed by atoms with Crippen molar-refractivity contribution in [3.05, 3.63) is 109 Å². The molecule has 1 heteroatoms. The highest BCUT2D eigenvalue weighted by molar-refractivity contribution is 6.17. The topological polar surface area (TPSA) is 13.1 Å². The Labute approximate surface area is 191 Å². The average Bonchev–Trinajstić information content (AvgIpc) is 3.35. The van der Waals surface area contributed by atoms with E-state index in [1.807, 2.05) is 48.5 Å². The Morgan fingerprint density at radius 3 is 2.10 bits per heavy atom. The first-order chi connectivity index (χ1) is 19.1. The van der Waals surface area contributed by atoms with Crippen LogP contribution >= 0.6 is 0 Å². The minimum absolute atomic E-state index is 0.0395. The van der Waals surface area contributed by atoms with Gasteiger partial charge < -0.3 is 4.42 Å². The van der Waals surface area contributed by atoms with Crippen LogP contribution in [0.4, 0.5) is 0 Å². The van der Waals surface area contributed by atoms with Gasteiger partial charge >= 0.3 is 0 Å². The van der Waals surface area contributed by atoms with E-state index in [1.54, 1.807) is 6.07 Å². The molecule has 1 heterocycles. The lowest BCUT2D eigenvalue weighted by atomic mass is 9.91. The van der Waals surface area contributed by atoms with E-state index in [2.05, 4.69) is 0 Å². The van der Waals surface area contributed by atoms with E-state index in [-0.39, 0.29) is 45.2 Å². The van der Waals surface area contributed by atoms with Gasteiger partial charge in [-0.2, -0.15) is 0 Å². The zero-order valence-electron chi connectivity index (χ0n) is 25.1. The molecular weight excluding hydrogens is 376 g/mol. The van der Waals surface area contributed by atoms with Crippen molar-refractivity contribution in [1.82, 2.24) is 0 Å². The zero-order valence-corrected chi connectivity index (χ0v) is 16.1. The lowest BCUT2D eigenvalue weighted by Gasteiger charge is -2.13.